The summed E-state index contributed by atoms with van der Waals surface area (Å²) in [5, 5.41) is 10.2. The average molecular weight is 355 g/mol. The summed E-state index contributed by atoms with van der Waals surface area (Å²) in [4.78, 5) is 17.1. The van der Waals surface area contributed by atoms with Crippen LogP contribution in [-0.4, -0.2) is 59.8 Å². The molecule has 0 radical (unpaired) electrons. The number of hydrogen-bond acceptors (Lipinski definition) is 4. The summed E-state index contributed by atoms with van der Waals surface area (Å²) >= 11 is 6.08. The number of ether oxygens (including phenoxy) is 1. The van der Waals surface area contributed by atoms with Gasteiger partial charge in [0.1, 0.15) is 5.75 Å². The number of amides is 1. The Hall–Kier alpha value is -1.30. The van der Waals surface area contributed by atoms with Gasteiger partial charge in [0.25, 0.3) is 5.91 Å². The van der Waals surface area contributed by atoms with E-state index in [4.69, 9.17) is 16.3 Å². The molecule has 134 valence electrons. The first-order valence-corrected chi connectivity index (χ1v) is 8.68. The van der Waals surface area contributed by atoms with E-state index in [2.05, 4.69) is 25.7 Å². The van der Waals surface area contributed by atoms with E-state index < -0.39 is 5.66 Å². The Balaban J connectivity index is 2.37. The molecule has 1 heterocycles. The van der Waals surface area contributed by atoms with E-state index in [1.165, 1.54) is 0 Å². The first kappa shape index (κ1) is 19.0. The number of carbonyl (C=O) groups excluding carboxylic acids is 1. The van der Waals surface area contributed by atoms with E-state index in [1.807, 2.05) is 0 Å². The highest BCUT2D eigenvalue weighted by Gasteiger charge is 2.47. The van der Waals surface area contributed by atoms with Crippen LogP contribution >= 0.6 is 11.6 Å². The molecule has 0 bridgehead atoms. The van der Waals surface area contributed by atoms with Gasteiger partial charge in [-0.05, 0) is 31.0 Å². The molecule has 1 aliphatic rings. The van der Waals surface area contributed by atoms with E-state index in [1.54, 1.807) is 37.3 Å². The Labute approximate surface area is 149 Å². The van der Waals surface area contributed by atoms with Crippen molar-refractivity contribution in [1.29, 1.82) is 0 Å². The zero-order chi connectivity index (χ0) is 18.1. The third-order valence-electron chi connectivity index (χ3n) is 5.42. The van der Waals surface area contributed by atoms with Gasteiger partial charge >= 0.3 is 0 Å². The number of carbonyl (C=O) groups is 1. The molecule has 0 saturated carbocycles. The number of benzene rings is 1. The molecule has 0 aromatic heterocycles. The van der Waals surface area contributed by atoms with Crippen LogP contribution in [0.5, 0.6) is 5.75 Å². The third-order valence-corrected chi connectivity index (χ3v) is 5.66. The molecular weight excluding hydrogens is 328 g/mol. The number of β-amino-alcohol motifs (C(OH)–C–C–N with tert-alkyl or cyclic N) is 1. The molecular formula is C18H27ClN2O3. The number of halogens is 1. The van der Waals surface area contributed by atoms with Gasteiger partial charge in [-0.1, -0.05) is 31.9 Å². The molecule has 2 rings (SSSR count). The second-order valence-electron chi connectivity index (χ2n) is 6.67. The summed E-state index contributed by atoms with van der Waals surface area (Å²) in [7, 11) is 3.35. The summed E-state index contributed by atoms with van der Waals surface area (Å²) in [6, 6.07) is 5.05. The number of likely N-dealkylation sites (tertiary alicyclic amines) is 1. The summed E-state index contributed by atoms with van der Waals surface area (Å²) < 4.78 is 5.33. The zero-order valence-electron chi connectivity index (χ0n) is 15.0. The molecule has 6 heteroatoms. The van der Waals surface area contributed by atoms with Gasteiger partial charge in [0.2, 0.25) is 0 Å². The Bertz CT molecular complexity index is 604. The topological polar surface area (TPSA) is 53.0 Å². The van der Waals surface area contributed by atoms with Gasteiger partial charge in [-0.2, -0.15) is 0 Å². The number of aliphatic hydroxyl groups excluding tert-OH is 1. The minimum Gasteiger partial charge on any atom is -0.496 e. The van der Waals surface area contributed by atoms with Gasteiger partial charge in [-0.25, -0.2) is 0 Å². The molecule has 1 N–H and O–H groups in total. The third kappa shape index (κ3) is 3.25. The lowest BCUT2D eigenvalue weighted by atomic mass is 9.86. The summed E-state index contributed by atoms with van der Waals surface area (Å²) in [6.45, 7) is 7.44. The molecule has 24 heavy (non-hydrogen) atoms. The molecule has 1 aromatic rings. The number of hydrogen-bond donors (Lipinski definition) is 1. The van der Waals surface area contributed by atoms with Crippen LogP contribution in [0.3, 0.4) is 0 Å². The van der Waals surface area contributed by atoms with Crippen molar-refractivity contribution in [2.45, 2.75) is 39.0 Å². The second kappa shape index (κ2) is 7.30. The predicted molar refractivity (Wildman–Crippen MR) is 95.5 cm³/mol. The normalized spacial score (nSPS) is 19.3. The minimum absolute atomic E-state index is 0.140. The number of methoxy groups -OCH3 is 1. The molecule has 1 saturated heterocycles. The maximum absolute atomic E-state index is 13.2. The van der Waals surface area contributed by atoms with Crippen LogP contribution in [0.15, 0.2) is 18.2 Å². The lowest BCUT2D eigenvalue weighted by molar-refractivity contribution is -0.134. The monoisotopic (exact) mass is 354 g/mol. The van der Waals surface area contributed by atoms with Crippen molar-refractivity contribution >= 4 is 17.5 Å². The second-order valence-corrected chi connectivity index (χ2v) is 7.11. The molecule has 1 amide bonds. The molecule has 1 aromatic carbocycles. The molecule has 0 unspecified atom stereocenters. The number of aliphatic hydroxyl groups is 1. The van der Waals surface area contributed by atoms with Gasteiger partial charge in [0.05, 0.1) is 24.4 Å². The van der Waals surface area contributed by atoms with Crippen molar-refractivity contribution in [3.8, 4) is 5.75 Å². The van der Waals surface area contributed by atoms with E-state index in [9.17, 15) is 9.90 Å². The standard InChI is InChI=1S/C18H27ClN2O3/c1-6-12(2)18(3,21-10-14(22)11-21)20(4)17(23)15-9-13(19)7-8-16(15)24-5/h7-9,12,14,22H,6,10-11H2,1-5H3/t12-,18+/m0/s1. The first-order valence-electron chi connectivity index (χ1n) is 8.30. The fraction of sp³-hybridized carbons (Fsp3) is 0.611. The Kier molecular flexibility index (Phi) is 5.78. The van der Waals surface area contributed by atoms with Gasteiger partial charge in [0.15, 0.2) is 0 Å². The Morgan fingerprint density at radius 1 is 1.54 bits per heavy atom. The van der Waals surface area contributed by atoms with Crippen molar-refractivity contribution in [3.63, 3.8) is 0 Å². The highest BCUT2D eigenvalue weighted by molar-refractivity contribution is 6.31. The smallest absolute Gasteiger partial charge is 0.258 e. The van der Waals surface area contributed by atoms with Crippen LogP contribution in [0, 0.1) is 5.92 Å². The minimum atomic E-state index is -0.488. The van der Waals surface area contributed by atoms with Crippen LogP contribution in [0.1, 0.15) is 37.6 Å². The van der Waals surface area contributed by atoms with Gasteiger partial charge in [0, 0.05) is 25.2 Å². The van der Waals surface area contributed by atoms with Crippen molar-refractivity contribution in [1.82, 2.24) is 9.80 Å². The quantitative estimate of drug-likeness (QED) is 0.853. The van der Waals surface area contributed by atoms with Gasteiger partial charge < -0.3 is 14.7 Å². The van der Waals surface area contributed by atoms with Gasteiger partial charge in [-0.3, -0.25) is 9.69 Å². The SMILES string of the molecule is CC[C@H](C)[C@@](C)(N1CC(O)C1)N(C)C(=O)c1cc(Cl)ccc1OC. The highest BCUT2D eigenvalue weighted by atomic mass is 35.5. The lowest BCUT2D eigenvalue weighted by Gasteiger charge is -2.56. The van der Waals surface area contributed by atoms with Crippen LogP contribution in [-0.2, 0) is 0 Å². The summed E-state index contributed by atoms with van der Waals surface area (Å²) in [5.41, 5.74) is -0.0404. The predicted octanol–water partition coefficient (Wildman–Crippen LogP) is 2.86. The Morgan fingerprint density at radius 2 is 2.17 bits per heavy atom. The van der Waals surface area contributed by atoms with E-state index in [-0.39, 0.29) is 17.9 Å². The molecule has 1 fully saturated rings. The molecule has 1 aliphatic heterocycles. The lowest BCUT2D eigenvalue weighted by Crippen LogP contribution is -2.70. The van der Waals surface area contributed by atoms with E-state index in [0.717, 1.165) is 6.42 Å². The molecule has 0 aliphatic carbocycles. The van der Waals surface area contributed by atoms with Crippen molar-refractivity contribution < 1.29 is 14.6 Å². The fourth-order valence-corrected chi connectivity index (χ4v) is 3.47. The first-order chi connectivity index (χ1) is 11.2. The number of nitrogens with zero attached hydrogens (tertiary/aromatic N) is 2. The fourth-order valence-electron chi connectivity index (χ4n) is 3.30. The van der Waals surface area contributed by atoms with Crippen molar-refractivity contribution in [3.05, 3.63) is 28.8 Å². The molecule has 2 atom stereocenters. The Morgan fingerprint density at radius 3 is 2.67 bits per heavy atom. The largest absolute Gasteiger partial charge is 0.496 e. The van der Waals surface area contributed by atoms with Crippen molar-refractivity contribution in [2.24, 2.45) is 5.92 Å². The van der Waals surface area contributed by atoms with Crippen molar-refractivity contribution in [2.75, 3.05) is 27.2 Å². The van der Waals surface area contributed by atoms with Crippen LogP contribution in [0.4, 0.5) is 0 Å². The van der Waals surface area contributed by atoms with E-state index in [0.29, 0.717) is 29.4 Å². The van der Waals surface area contributed by atoms with Gasteiger partial charge in [-0.15, -0.1) is 0 Å². The highest BCUT2D eigenvalue weighted by Crippen LogP contribution is 2.36. The molecule has 0 spiro atoms. The zero-order valence-corrected chi connectivity index (χ0v) is 15.8. The van der Waals surface area contributed by atoms with Crippen LogP contribution in [0.2, 0.25) is 5.02 Å². The van der Waals surface area contributed by atoms with E-state index >= 15 is 0 Å². The summed E-state index contributed by atoms with van der Waals surface area (Å²) in [6.07, 6.45) is 0.602. The number of rotatable bonds is 6. The van der Waals surface area contributed by atoms with Crippen LogP contribution in [0.25, 0.3) is 0 Å². The molecule has 5 nitrogen and oxygen atoms in total. The maximum atomic E-state index is 13.2. The average Bonchev–Trinajstić information content (AvgIpc) is 2.56. The maximum Gasteiger partial charge on any atom is 0.258 e. The summed E-state index contributed by atoms with van der Waals surface area (Å²) in [5.74, 6) is 0.606. The van der Waals surface area contributed by atoms with Crippen LogP contribution < -0.4 is 4.74 Å².